The van der Waals surface area contributed by atoms with Gasteiger partial charge in [0, 0.05) is 32.9 Å². The lowest BCUT2D eigenvalue weighted by Gasteiger charge is -2.22. The molecule has 0 spiro atoms. The lowest BCUT2D eigenvalue weighted by molar-refractivity contribution is 0.660. The first-order valence-electron chi connectivity index (χ1n) is 19.2. The summed E-state index contributed by atoms with van der Waals surface area (Å²) >= 11 is 0. The Labute approximate surface area is 325 Å². The second-order valence-corrected chi connectivity index (χ2v) is 15.2. The predicted molar refractivity (Wildman–Crippen MR) is 231 cm³/mol. The maximum Gasteiger partial charge on any atom is 0.238 e. The Morgan fingerprint density at radius 2 is 1.00 bits per heavy atom. The van der Waals surface area contributed by atoms with Crippen molar-refractivity contribution in [3.05, 3.63) is 193 Å². The van der Waals surface area contributed by atoms with Gasteiger partial charge in [-0.05, 0) is 67.9 Å². The van der Waals surface area contributed by atoms with Crippen molar-refractivity contribution in [1.29, 1.82) is 0 Å². The molecule has 11 rings (SSSR count). The third kappa shape index (κ3) is 4.96. The van der Waals surface area contributed by atoms with E-state index >= 15 is 0 Å². The van der Waals surface area contributed by atoms with E-state index in [9.17, 15) is 0 Å². The quantitative estimate of drug-likeness (QED) is 0.178. The molecule has 0 saturated heterocycles. The van der Waals surface area contributed by atoms with Crippen molar-refractivity contribution >= 4 is 32.6 Å². The second-order valence-electron chi connectivity index (χ2n) is 15.2. The summed E-state index contributed by atoms with van der Waals surface area (Å²) in [6, 6.07) is 64.9. The molecule has 0 saturated carbocycles. The van der Waals surface area contributed by atoms with Gasteiger partial charge in [0.1, 0.15) is 0 Å². The minimum Gasteiger partial charge on any atom is -0.277 e. The molecular formula is C52H36N4. The van der Waals surface area contributed by atoms with Crippen molar-refractivity contribution in [3.8, 4) is 62.1 Å². The van der Waals surface area contributed by atoms with Crippen LogP contribution in [0.4, 0.5) is 0 Å². The lowest BCUT2D eigenvalue weighted by atomic mass is 9.81. The highest BCUT2D eigenvalue weighted by molar-refractivity contribution is 6.23. The topological polar surface area (TPSA) is 43.6 Å². The highest BCUT2D eigenvalue weighted by Gasteiger charge is 2.35. The standard InChI is InChI=1S/C52H36N4/c1-52(2)44-26-12-11-23-41(44)42-29-27-37(32-45(42)52)36-20-13-21-38(31-36)40-24-14-25-43-47-39-22-10-9-15-33(39)28-30-46(47)56(48(40)43)51-54-49(34-16-5-3-6-17-34)53-50(55-51)35-18-7-4-8-19-35/h3-32H,1-2H3. The molecule has 0 unspecified atom stereocenters. The summed E-state index contributed by atoms with van der Waals surface area (Å²) < 4.78 is 2.26. The molecule has 10 aromatic rings. The van der Waals surface area contributed by atoms with Crippen LogP contribution in [0.1, 0.15) is 25.0 Å². The summed E-state index contributed by atoms with van der Waals surface area (Å²) in [5.41, 5.74) is 14.0. The molecule has 0 amide bonds. The van der Waals surface area contributed by atoms with E-state index in [0.29, 0.717) is 17.6 Å². The molecule has 1 aliphatic carbocycles. The van der Waals surface area contributed by atoms with E-state index in [1.165, 1.54) is 49.5 Å². The molecule has 4 heteroatoms. The van der Waals surface area contributed by atoms with Crippen LogP contribution in [0.25, 0.3) is 94.7 Å². The van der Waals surface area contributed by atoms with Crippen LogP contribution >= 0.6 is 0 Å². The first-order valence-corrected chi connectivity index (χ1v) is 19.2. The Kier molecular flexibility index (Phi) is 7.17. The van der Waals surface area contributed by atoms with Crippen molar-refractivity contribution in [2.75, 3.05) is 0 Å². The van der Waals surface area contributed by atoms with Crippen LogP contribution < -0.4 is 0 Å². The summed E-state index contributed by atoms with van der Waals surface area (Å²) in [6.45, 7) is 4.68. The number of aromatic nitrogens is 4. The van der Waals surface area contributed by atoms with E-state index in [2.05, 4.69) is 164 Å². The molecule has 1 aliphatic rings. The SMILES string of the molecule is CC1(C)c2ccccc2-c2ccc(-c3cccc(-c4cccc5c6c7ccccc7ccc6n(-c6nc(-c7ccccc7)nc(-c7ccccc7)n6)c45)c3)cc21. The third-order valence-electron chi connectivity index (χ3n) is 11.7. The smallest absolute Gasteiger partial charge is 0.238 e. The number of hydrogen-bond acceptors (Lipinski definition) is 3. The average molecular weight is 717 g/mol. The van der Waals surface area contributed by atoms with Crippen LogP contribution in [0.5, 0.6) is 0 Å². The Balaban J connectivity index is 1.16. The third-order valence-corrected chi connectivity index (χ3v) is 11.7. The molecule has 2 aromatic heterocycles. The van der Waals surface area contributed by atoms with E-state index in [4.69, 9.17) is 15.0 Å². The zero-order valence-electron chi connectivity index (χ0n) is 31.1. The van der Waals surface area contributed by atoms with Gasteiger partial charge in [-0.3, -0.25) is 4.57 Å². The monoisotopic (exact) mass is 716 g/mol. The molecule has 56 heavy (non-hydrogen) atoms. The fraction of sp³-hybridized carbons (Fsp3) is 0.0577. The van der Waals surface area contributed by atoms with E-state index in [1.54, 1.807) is 0 Å². The number of fused-ring (bicyclic) bond motifs is 8. The van der Waals surface area contributed by atoms with Crippen molar-refractivity contribution in [2.45, 2.75) is 19.3 Å². The second kappa shape index (κ2) is 12.4. The number of benzene rings is 8. The Hall–Kier alpha value is -7.17. The van der Waals surface area contributed by atoms with Crippen LogP contribution in [0, 0.1) is 0 Å². The minimum absolute atomic E-state index is 0.0728. The van der Waals surface area contributed by atoms with Gasteiger partial charge >= 0.3 is 0 Å². The van der Waals surface area contributed by atoms with Crippen LogP contribution in [-0.4, -0.2) is 19.5 Å². The highest BCUT2D eigenvalue weighted by Crippen LogP contribution is 2.50. The number of rotatable bonds is 5. The van der Waals surface area contributed by atoms with E-state index < -0.39 is 0 Å². The average Bonchev–Trinajstić information content (AvgIpc) is 3.73. The van der Waals surface area contributed by atoms with Crippen molar-refractivity contribution < 1.29 is 0 Å². The molecule has 0 aliphatic heterocycles. The maximum absolute atomic E-state index is 5.26. The molecule has 2 heterocycles. The van der Waals surface area contributed by atoms with Crippen molar-refractivity contribution in [2.24, 2.45) is 0 Å². The fourth-order valence-corrected chi connectivity index (χ4v) is 8.92. The summed E-state index contributed by atoms with van der Waals surface area (Å²) in [4.78, 5) is 15.5. The first kappa shape index (κ1) is 32.3. The maximum atomic E-state index is 5.26. The van der Waals surface area contributed by atoms with E-state index in [1.807, 2.05) is 36.4 Å². The predicted octanol–water partition coefficient (Wildman–Crippen LogP) is 13.1. The summed E-state index contributed by atoms with van der Waals surface area (Å²) in [7, 11) is 0. The van der Waals surface area contributed by atoms with Gasteiger partial charge in [-0.25, -0.2) is 4.98 Å². The van der Waals surface area contributed by atoms with Gasteiger partial charge < -0.3 is 0 Å². The van der Waals surface area contributed by atoms with Gasteiger partial charge in [-0.15, -0.1) is 0 Å². The summed E-state index contributed by atoms with van der Waals surface area (Å²) in [6.07, 6.45) is 0. The fourth-order valence-electron chi connectivity index (χ4n) is 8.92. The Bertz CT molecular complexity index is 3100. The molecule has 0 fully saturated rings. The molecule has 264 valence electrons. The van der Waals surface area contributed by atoms with Gasteiger partial charge in [0.05, 0.1) is 11.0 Å². The summed E-state index contributed by atoms with van der Waals surface area (Å²) in [5, 5.41) is 4.72. The van der Waals surface area contributed by atoms with Gasteiger partial charge in [0.2, 0.25) is 5.95 Å². The molecule has 0 radical (unpaired) electrons. The van der Waals surface area contributed by atoms with Crippen molar-refractivity contribution in [3.63, 3.8) is 0 Å². The minimum atomic E-state index is -0.0728. The number of para-hydroxylation sites is 1. The normalized spacial score (nSPS) is 13.0. The zero-order chi connectivity index (χ0) is 37.4. The molecule has 0 bridgehead atoms. The summed E-state index contributed by atoms with van der Waals surface area (Å²) in [5.74, 6) is 1.84. The largest absolute Gasteiger partial charge is 0.277 e. The first-order chi connectivity index (χ1) is 27.5. The van der Waals surface area contributed by atoms with Gasteiger partial charge in [-0.1, -0.05) is 178 Å². The van der Waals surface area contributed by atoms with Gasteiger partial charge in [0.25, 0.3) is 0 Å². The number of nitrogens with zero attached hydrogens (tertiary/aromatic N) is 4. The van der Waals surface area contributed by atoms with Crippen molar-refractivity contribution in [1.82, 2.24) is 19.5 Å². The van der Waals surface area contributed by atoms with E-state index in [0.717, 1.165) is 38.7 Å². The highest BCUT2D eigenvalue weighted by atomic mass is 15.2. The molecule has 0 atom stereocenters. The Morgan fingerprint density at radius 1 is 0.411 bits per heavy atom. The molecule has 4 nitrogen and oxygen atoms in total. The molecular weight excluding hydrogens is 681 g/mol. The lowest BCUT2D eigenvalue weighted by Crippen LogP contribution is -2.14. The van der Waals surface area contributed by atoms with Crippen LogP contribution in [0.2, 0.25) is 0 Å². The zero-order valence-corrected chi connectivity index (χ0v) is 31.1. The van der Waals surface area contributed by atoms with Crippen LogP contribution in [0.3, 0.4) is 0 Å². The number of hydrogen-bond donors (Lipinski definition) is 0. The van der Waals surface area contributed by atoms with E-state index in [-0.39, 0.29) is 5.41 Å². The molecule has 0 N–H and O–H groups in total. The molecule has 8 aromatic carbocycles. The van der Waals surface area contributed by atoms with Crippen LogP contribution in [0.15, 0.2) is 182 Å². The van der Waals surface area contributed by atoms with Gasteiger partial charge in [-0.2, -0.15) is 9.97 Å². The van der Waals surface area contributed by atoms with Crippen LogP contribution in [-0.2, 0) is 5.41 Å². The van der Waals surface area contributed by atoms with Gasteiger partial charge in [0.15, 0.2) is 11.6 Å². The Morgan fingerprint density at radius 3 is 1.79 bits per heavy atom.